The van der Waals surface area contributed by atoms with E-state index in [1.165, 1.54) is 24.0 Å². The molecule has 138 valence electrons. The maximum absolute atomic E-state index is 12.4. The summed E-state index contributed by atoms with van der Waals surface area (Å²) < 4.78 is 34.5. The van der Waals surface area contributed by atoms with Gasteiger partial charge in [-0.1, -0.05) is 42.1 Å². The molecule has 0 fully saturated rings. The van der Waals surface area contributed by atoms with E-state index in [1.807, 2.05) is 30.3 Å². The summed E-state index contributed by atoms with van der Waals surface area (Å²) in [5, 5.41) is 8.16. The van der Waals surface area contributed by atoms with Gasteiger partial charge in [0.2, 0.25) is 0 Å². The lowest BCUT2D eigenvalue weighted by Crippen LogP contribution is -2.06. The minimum absolute atomic E-state index is 0.0274. The molecule has 2 rings (SSSR count). The van der Waals surface area contributed by atoms with Crippen molar-refractivity contribution in [2.45, 2.75) is 19.3 Å². The van der Waals surface area contributed by atoms with Crippen molar-refractivity contribution >= 4 is 23.1 Å². The SMILES string of the molecule is CCOc1cc(C=NN=C(N)SCc2ccccc2)ccc1OC(F)F. The first-order valence-corrected chi connectivity index (χ1v) is 8.82. The van der Waals surface area contributed by atoms with Crippen molar-refractivity contribution in [3.63, 3.8) is 0 Å². The highest BCUT2D eigenvalue weighted by molar-refractivity contribution is 8.13. The Morgan fingerprint density at radius 1 is 1.19 bits per heavy atom. The number of nitrogens with zero attached hydrogens (tertiary/aromatic N) is 2. The van der Waals surface area contributed by atoms with Crippen LogP contribution in [0.15, 0.2) is 58.7 Å². The van der Waals surface area contributed by atoms with Gasteiger partial charge < -0.3 is 15.2 Å². The predicted molar refractivity (Wildman–Crippen MR) is 101 cm³/mol. The quantitative estimate of drug-likeness (QED) is 0.422. The van der Waals surface area contributed by atoms with E-state index < -0.39 is 6.61 Å². The molecule has 0 aromatic heterocycles. The smallest absolute Gasteiger partial charge is 0.387 e. The molecule has 0 bridgehead atoms. The number of ether oxygens (including phenoxy) is 2. The average Bonchev–Trinajstić information content (AvgIpc) is 2.63. The molecule has 2 aromatic carbocycles. The Hall–Kier alpha value is -2.61. The van der Waals surface area contributed by atoms with Crippen LogP contribution < -0.4 is 15.2 Å². The number of nitrogens with two attached hydrogens (primary N) is 1. The summed E-state index contributed by atoms with van der Waals surface area (Å²) in [5.41, 5.74) is 7.57. The van der Waals surface area contributed by atoms with Crippen molar-refractivity contribution in [2.24, 2.45) is 15.9 Å². The van der Waals surface area contributed by atoms with E-state index in [4.69, 9.17) is 10.5 Å². The van der Waals surface area contributed by atoms with Crippen molar-refractivity contribution in [1.82, 2.24) is 0 Å². The standard InChI is InChI=1S/C18H19F2N3O2S/c1-2-24-16-10-14(8-9-15(16)25-17(19)20)11-22-23-18(21)26-12-13-6-4-3-5-7-13/h3-11,17H,2,12H2,1H3,(H2,21,23). The van der Waals surface area contributed by atoms with Crippen LogP contribution in [0.3, 0.4) is 0 Å². The highest BCUT2D eigenvalue weighted by atomic mass is 32.2. The lowest BCUT2D eigenvalue weighted by Gasteiger charge is -2.11. The normalized spacial score (nSPS) is 11.9. The van der Waals surface area contributed by atoms with Gasteiger partial charge in [-0.2, -0.15) is 13.9 Å². The van der Waals surface area contributed by atoms with Crippen LogP contribution in [0.1, 0.15) is 18.1 Å². The molecule has 2 N–H and O–H groups in total. The Kier molecular flexibility index (Phi) is 7.88. The number of halogens is 2. The van der Waals surface area contributed by atoms with E-state index in [0.29, 0.717) is 23.1 Å². The molecule has 26 heavy (non-hydrogen) atoms. The van der Waals surface area contributed by atoms with Crippen molar-refractivity contribution in [3.8, 4) is 11.5 Å². The van der Waals surface area contributed by atoms with Crippen molar-refractivity contribution in [1.29, 1.82) is 0 Å². The van der Waals surface area contributed by atoms with Crippen molar-refractivity contribution in [2.75, 3.05) is 6.61 Å². The van der Waals surface area contributed by atoms with Gasteiger partial charge in [-0.15, -0.1) is 5.10 Å². The first-order valence-electron chi connectivity index (χ1n) is 7.83. The summed E-state index contributed by atoms with van der Waals surface area (Å²) in [4.78, 5) is 0. The summed E-state index contributed by atoms with van der Waals surface area (Å²) >= 11 is 1.37. The van der Waals surface area contributed by atoms with Crippen LogP contribution in [0.2, 0.25) is 0 Å². The monoisotopic (exact) mass is 379 g/mol. The van der Waals surface area contributed by atoms with Crippen molar-refractivity contribution < 1.29 is 18.3 Å². The fourth-order valence-corrected chi connectivity index (χ4v) is 2.59. The summed E-state index contributed by atoms with van der Waals surface area (Å²) in [6.07, 6.45) is 1.46. The second kappa shape index (κ2) is 10.4. The molecule has 0 radical (unpaired) electrons. The van der Waals surface area contributed by atoms with Gasteiger partial charge in [-0.05, 0) is 36.2 Å². The second-order valence-electron chi connectivity index (χ2n) is 4.97. The molecule has 5 nitrogen and oxygen atoms in total. The molecule has 0 saturated carbocycles. The molecule has 0 spiro atoms. The molecule has 0 amide bonds. The molecular formula is C18H19F2N3O2S. The van der Waals surface area contributed by atoms with Crippen LogP contribution in [-0.4, -0.2) is 24.6 Å². The number of hydrogen-bond acceptors (Lipinski definition) is 5. The zero-order chi connectivity index (χ0) is 18.8. The lowest BCUT2D eigenvalue weighted by molar-refractivity contribution is -0.0514. The first kappa shape index (κ1) is 19.7. The molecule has 0 aliphatic rings. The van der Waals surface area contributed by atoms with Gasteiger partial charge in [0.25, 0.3) is 0 Å². The van der Waals surface area contributed by atoms with Gasteiger partial charge in [-0.25, -0.2) is 0 Å². The second-order valence-corrected chi connectivity index (χ2v) is 5.97. The molecule has 0 unspecified atom stereocenters. The Balaban J connectivity index is 1.98. The van der Waals surface area contributed by atoms with Gasteiger partial charge in [0.15, 0.2) is 16.7 Å². The highest BCUT2D eigenvalue weighted by Gasteiger charge is 2.11. The van der Waals surface area contributed by atoms with Crippen LogP contribution in [0.25, 0.3) is 0 Å². The molecular weight excluding hydrogens is 360 g/mol. The zero-order valence-corrected chi connectivity index (χ0v) is 15.0. The third-order valence-electron chi connectivity index (χ3n) is 3.08. The third-order valence-corrected chi connectivity index (χ3v) is 3.93. The van der Waals surface area contributed by atoms with Gasteiger partial charge >= 0.3 is 6.61 Å². The van der Waals surface area contributed by atoms with Crippen LogP contribution in [0, 0.1) is 0 Å². The minimum Gasteiger partial charge on any atom is -0.490 e. The van der Waals surface area contributed by atoms with Crippen LogP contribution in [-0.2, 0) is 5.75 Å². The highest BCUT2D eigenvalue weighted by Crippen LogP contribution is 2.29. The topological polar surface area (TPSA) is 69.2 Å². The van der Waals surface area contributed by atoms with E-state index in [0.717, 1.165) is 5.56 Å². The van der Waals surface area contributed by atoms with E-state index in [1.54, 1.807) is 19.1 Å². The van der Waals surface area contributed by atoms with E-state index >= 15 is 0 Å². The van der Waals surface area contributed by atoms with Gasteiger partial charge in [0.1, 0.15) is 0 Å². The molecule has 0 aliphatic carbocycles. The number of amidine groups is 1. The molecule has 0 aliphatic heterocycles. The lowest BCUT2D eigenvalue weighted by atomic mass is 10.2. The van der Waals surface area contributed by atoms with Crippen LogP contribution in [0.4, 0.5) is 8.78 Å². The summed E-state index contributed by atoms with van der Waals surface area (Å²) in [7, 11) is 0. The molecule has 0 saturated heterocycles. The summed E-state index contributed by atoms with van der Waals surface area (Å²) in [6.45, 7) is -0.844. The maximum Gasteiger partial charge on any atom is 0.387 e. The van der Waals surface area contributed by atoms with Crippen molar-refractivity contribution in [3.05, 3.63) is 59.7 Å². The largest absolute Gasteiger partial charge is 0.490 e. The molecule has 0 atom stereocenters. The van der Waals surface area contributed by atoms with Crippen LogP contribution >= 0.6 is 11.8 Å². The Morgan fingerprint density at radius 2 is 1.96 bits per heavy atom. The number of rotatable bonds is 8. The number of benzene rings is 2. The first-order chi connectivity index (χ1) is 12.6. The number of alkyl halides is 2. The Bertz CT molecular complexity index is 755. The molecule has 0 heterocycles. The number of hydrogen-bond donors (Lipinski definition) is 1. The molecule has 8 heteroatoms. The summed E-state index contributed by atoms with van der Waals surface area (Å²) in [6, 6.07) is 14.4. The average molecular weight is 379 g/mol. The number of thioether (sulfide) groups is 1. The predicted octanol–water partition coefficient (Wildman–Crippen LogP) is 4.27. The fourth-order valence-electron chi connectivity index (χ4n) is 1.98. The summed E-state index contributed by atoms with van der Waals surface area (Å²) in [5.74, 6) is 0.882. The van der Waals surface area contributed by atoms with Gasteiger partial charge in [0.05, 0.1) is 12.8 Å². The van der Waals surface area contributed by atoms with E-state index in [2.05, 4.69) is 14.9 Å². The van der Waals surface area contributed by atoms with Crippen LogP contribution in [0.5, 0.6) is 11.5 Å². The zero-order valence-electron chi connectivity index (χ0n) is 14.1. The fraction of sp³-hybridized carbons (Fsp3) is 0.222. The minimum atomic E-state index is -2.92. The Labute approximate surface area is 154 Å². The molecule has 2 aromatic rings. The Morgan fingerprint density at radius 3 is 2.65 bits per heavy atom. The third kappa shape index (κ3) is 6.72. The maximum atomic E-state index is 12.4. The van der Waals surface area contributed by atoms with E-state index in [-0.39, 0.29) is 11.5 Å². The van der Waals surface area contributed by atoms with Gasteiger partial charge in [0, 0.05) is 5.75 Å². The van der Waals surface area contributed by atoms with E-state index in [9.17, 15) is 8.78 Å². The van der Waals surface area contributed by atoms with Gasteiger partial charge in [-0.3, -0.25) is 0 Å².